The Hall–Kier alpha value is -2.29. The Morgan fingerprint density at radius 3 is 2.50 bits per heavy atom. The minimum atomic E-state index is 0.895. The minimum Gasteiger partial charge on any atom is -0.501 e. The highest BCUT2D eigenvalue weighted by Gasteiger charge is 2.18. The molecule has 3 rings (SSSR count). The molecular weight excluding hydrogens is 250 g/mol. The number of aromatic nitrogens is 1. The molecule has 1 heterocycles. The van der Waals surface area contributed by atoms with Crippen molar-refractivity contribution in [2.24, 2.45) is 0 Å². The van der Waals surface area contributed by atoms with Crippen LogP contribution in [0.2, 0.25) is 0 Å². The molecule has 1 aromatic heterocycles. The van der Waals surface area contributed by atoms with Crippen LogP contribution in [0.1, 0.15) is 17.7 Å². The summed E-state index contributed by atoms with van der Waals surface area (Å²) in [6.45, 7) is 0. The van der Waals surface area contributed by atoms with Crippen LogP contribution in [0.15, 0.2) is 42.2 Å². The van der Waals surface area contributed by atoms with Gasteiger partial charge in [0, 0.05) is 29.7 Å². The van der Waals surface area contributed by atoms with Gasteiger partial charge in [0.15, 0.2) is 0 Å². The van der Waals surface area contributed by atoms with E-state index < -0.39 is 0 Å². The van der Waals surface area contributed by atoms with E-state index in [4.69, 9.17) is 14.5 Å². The summed E-state index contributed by atoms with van der Waals surface area (Å²) in [6.07, 6.45) is 3.81. The average molecular weight is 267 g/mol. The van der Waals surface area contributed by atoms with Gasteiger partial charge < -0.3 is 9.47 Å². The third kappa shape index (κ3) is 2.27. The molecule has 1 aliphatic carbocycles. The number of rotatable bonds is 3. The minimum absolute atomic E-state index is 0.895. The SMILES string of the molecule is COC1=Cc2nc(-c3ccccc3)cc(OC)c2CC1. The molecule has 102 valence electrons. The van der Waals surface area contributed by atoms with Crippen LogP contribution in [0.25, 0.3) is 17.3 Å². The van der Waals surface area contributed by atoms with Crippen LogP contribution >= 0.6 is 0 Å². The maximum absolute atomic E-state index is 5.53. The number of methoxy groups -OCH3 is 2. The Morgan fingerprint density at radius 1 is 1.00 bits per heavy atom. The van der Waals surface area contributed by atoms with E-state index in [-0.39, 0.29) is 0 Å². The van der Waals surface area contributed by atoms with Crippen molar-refractivity contribution >= 4 is 6.08 Å². The molecule has 0 fully saturated rings. The first kappa shape index (κ1) is 12.7. The first-order valence-corrected chi connectivity index (χ1v) is 6.69. The summed E-state index contributed by atoms with van der Waals surface area (Å²) in [5.41, 5.74) is 4.13. The molecular formula is C17H17NO2. The molecule has 0 saturated heterocycles. The first-order valence-electron chi connectivity index (χ1n) is 6.69. The standard InChI is InChI=1S/C17H17NO2/c1-19-13-8-9-14-16(10-13)18-15(11-17(14)20-2)12-6-4-3-5-7-12/h3-7,10-11H,8-9H2,1-2H3. The number of nitrogens with zero attached hydrogens (tertiary/aromatic N) is 1. The van der Waals surface area contributed by atoms with E-state index in [9.17, 15) is 0 Å². The lowest BCUT2D eigenvalue weighted by molar-refractivity contribution is 0.279. The molecule has 0 amide bonds. The highest BCUT2D eigenvalue weighted by Crippen LogP contribution is 2.33. The van der Waals surface area contributed by atoms with Crippen LogP contribution in [0.4, 0.5) is 0 Å². The second kappa shape index (κ2) is 5.37. The smallest absolute Gasteiger partial charge is 0.126 e. The Kier molecular flexibility index (Phi) is 3.42. The molecule has 20 heavy (non-hydrogen) atoms. The van der Waals surface area contributed by atoms with E-state index >= 15 is 0 Å². The number of hydrogen-bond acceptors (Lipinski definition) is 3. The summed E-state index contributed by atoms with van der Waals surface area (Å²) in [7, 11) is 3.41. The zero-order valence-corrected chi connectivity index (χ0v) is 11.7. The van der Waals surface area contributed by atoms with Crippen LogP contribution in [0, 0.1) is 0 Å². The molecule has 0 aliphatic heterocycles. The second-order valence-electron chi connectivity index (χ2n) is 4.75. The fraction of sp³-hybridized carbons (Fsp3) is 0.235. The van der Waals surface area contributed by atoms with E-state index in [0.29, 0.717) is 0 Å². The van der Waals surface area contributed by atoms with Crippen LogP contribution in [0.5, 0.6) is 5.75 Å². The molecule has 0 radical (unpaired) electrons. The van der Waals surface area contributed by atoms with Crippen molar-refractivity contribution < 1.29 is 9.47 Å². The Balaban J connectivity index is 2.14. The number of benzene rings is 1. The third-order valence-electron chi connectivity index (χ3n) is 3.59. The van der Waals surface area contributed by atoms with Crippen molar-refractivity contribution in [1.82, 2.24) is 4.98 Å². The number of hydrogen-bond donors (Lipinski definition) is 0. The Morgan fingerprint density at radius 2 is 1.80 bits per heavy atom. The van der Waals surface area contributed by atoms with Gasteiger partial charge in [-0.05, 0) is 6.42 Å². The van der Waals surface area contributed by atoms with Gasteiger partial charge in [-0.2, -0.15) is 0 Å². The van der Waals surface area contributed by atoms with Gasteiger partial charge in [-0.15, -0.1) is 0 Å². The molecule has 3 nitrogen and oxygen atoms in total. The quantitative estimate of drug-likeness (QED) is 0.850. The maximum Gasteiger partial charge on any atom is 0.126 e. The first-order chi connectivity index (χ1) is 9.81. The molecule has 2 aromatic rings. The number of ether oxygens (including phenoxy) is 2. The van der Waals surface area contributed by atoms with Crippen molar-refractivity contribution in [3.63, 3.8) is 0 Å². The van der Waals surface area contributed by atoms with E-state index in [1.807, 2.05) is 30.3 Å². The Labute approximate surface area is 118 Å². The van der Waals surface area contributed by atoms with Gasteiger partial charge in [0.05, 0.1) is 31.4 Å². The van der Waals surface area contributed by atoms with Crippen molar-refractivity contribution in [2.75, 3.05) is 14.2 Å². The topological polar surface area (TPSA) is 31.4 Å². The average Bonchev–Trinajstić information content (AvgIpc) is 2.54. The zero-order valence-electron chi connectivity index (χ0n) is 11.7. The van der Waals surface area contributed by atoms with Crippen molar-refractivity contribution in [3.8, 4) is 17.0 Å². The molecule has 0 unspecified atom stereocenters. The fourth-order valence-corrected chi connectivity index (χ4v) is 2.51. The highest BCUT2D eigenvalue weighted by atomic mass is 16.5. The number of fused-ring (bicyclic) bond motifs is 1. The van der Waals surface area contributed by atoms with Gasteiger partial charge in [0.2, 0.25) is 0 Å². The summed E-state index contributed by atoms with van der Waals surface area (Å²) >= 11 is 0. The zero-order chi connectivity index (χ0) is 13.9. The second-order valence-corrected chi connectivity index (χ2v) is 4.75. The van der Waals surface area contributed by atoms with Gasteiger partial charge in [-0.3, -0.25) is 0 Å². The largest absolute Gasteiger partial charge is 0.501 e. The summed E-state index contributed by atoms with van der Waals surface area (Å²) in [6, 6.07) is 12.1. The van der Waals surface area contributed by atoms with Crippen molar-refractivity contribution in [3.05, 3.63) is 53.4 Å². The monoisotopic (exact) mass is 267 g/mol. The molecule has 0 bridgehead atoms. The predicted molar refractivity (Wildman–Crippen MR) is 79.5 cm³/mol. The van der Waals surface area contributed by atoms with Gasteiger partial charge in [0.1, 0.15) is 5.75 Å². The van der Waals surface area contributed by atoms with E-state index in [2.05, 4.69) is 12.1 Å². The van der Waals surface area contributed by atoms with Gasteiger partial charge >= 0.3 is 0 Å². The van der Waals surface area contributed by atoms with Crippen molar-refractivity contribution in [2.45, 2.75) is 12.8 Å². The lowest BCUT2D eigenvalue weighted by Gasteiger charge is -2.18. The summed E-state index contributed by atoms with van der Waals surface area (Å²) in [5, 5.41) is 0. The lowest BCUT2D eigenvalue weighted by atomic mass is 9.98. The van der Waals surface area contributed by atoms with Gasteiger partial charge in [-0.25, -0.2) is 4.98 Å². The predicted octanol–water partition coefficient (Wildman–Crippen LogP) is 3.69. The summed E-state index contributed by atoms with van der Waals surface area (Å²) < 4.78 is 10.9. The fourth-order valence-electron chi connectivity index (χ4n) is 2.51. The normalized spacial score (nSPS) is 13.4. The lowest BCUT2D eigenvalue weighted by Crippen LogP contribution is -2.06. The van der Waals surface area contributed by atoms with Crippen LogP contribution < -0.4 is 4.74 Å². The van der Waals surface area contributed by atoms with E-state index in [1.165, 1.54) is 0 Å². The van der Waals surface area contributed by atoms with Crippen molar-refractivity contribution in [1.29, 1.82) is 0 Å². The Bertz CT molecular complexity index is 648. The number of allylic oxidation sites excluding steroid dienone is 1. The molecule has 1 aromatic carbocycles. The van der Waals surface area contributed by atoms with E-state index in [1.54, 1.807) is 14.2 Å². The highest BCUT2D eigenvalue weighted by molar-refractivity contribution is 5.67. The maximum atomic E-state index is 5.53. The molecule has 3 heteroatoms. The van der Waals surface area contributed by atoms with Gasteiger partial charge in [0.25, 0.3) is 0 Å². The molecule has 0 atom stereocenters. The van der Waals surface area contributed by atoms with Crippen LogP contribution in [-0.4, -0.2) is 19.2 Å². The third-order valence-corrected chi connectivity index (χ3v) is 3.59. The van der Waals surface area contributed by atoms with E-state index in [0.717, 1.165) is 46.9 Å². The van der Waals surface area contributed by atoms with Gasteiger partial charge in [-0.1, -0.05) is 30.3 Å². The summed E-state index contributed by atoms with van der Waals surface area (Å²) in [5.74, 6) is 1.87. The van der Waals surface area contributed by atoms with Crippen LogP contribution in [-0.2, 0) is 11.2 Å². The molecule has 0 spiro atoms. The summed E-state index contributed by atoms with van der Waals surface area (Å²) in [4.78, 5) is 4.75. The number of pyridine rings is 1. The van der Waals surface area contributed by atoms with Crippen LogP contribution in [0.3, 0.4) is 0 Å². The molecule has 0 N–H and O–H groups in total. The molecule has 1 aliphatic rings. The molecule has 0 saturated carbocycles.